The molecule has 0 amide bonds. The molecule has 0 fully saturated rings. The first kappa shape index (κ1) is 20.2. The molecule has 0 N–H and O–H groups in total. The van der Waals surface area contributed by atoms with Crippen LogP contribution in [0.1, 0.15) is 18.9 Å². The zero-order chi connectivity index (χ0) is 20.1. The van der Waals surface area contributed by atoms with Crippen LogP contribution in [0.5, 0.6) is 5.75 Å². The summed E-state index contributed by atoms with van der Waals surface area (Å²) in [6, 6.07) is 8.85. The Morgan fingerprint density at radius 2 is 1.96 bits per heavy atom. The molecule has 2 aromatic heterocycles. The maximum Gasteiger partial charge on any atom is 0.199 e. The molecule has 0 saturated heterocycles. The highest BCUT2D eigenvalue weighted by atomic mass is 32.1. The van der Waals surface area contributed by atoms with E-state index in [1.54, 1.807) is 23.1 Å². The molecule has 1 aromatic carbocycles. The molecule has 3 aromatic rings. The van der Waals surface area contributed by atoms with Crippen LogP contribution >= 0.6 is 12.2 Å². The third-order valence-electron chi connectivity index (χ3n) is 4.35. The van der Waals surface area contributed by atoms with Crippen LogP contribution < -0.4 is 4.74 Å². The summed E-state index contributed by atoms with van der Waals surface area (Å²) in [4.78, 5) is 6.11. The highest BCUT2D eigenvalue weighted by Gasteiger charge is 2.14. The van der Waals surface area contributed by atoms with Crippen molar-refractivity contribution >= 4 is 12.2 Å². The number of hydrogen-bond donors (Lipinski definition) is 0. The van der Waals surface area contributed by atoms with Crippen molar-refractivity contribution < 1.29 is 9.13 Å². The van der Waals surface area contributed by atoms with E-state index >= 15 is 0 Å². The van der Waals surface area contributed by atoms with Crippen molar-refractivity contribution in [3.05, 3.63) is 58.9 Å². The van der Waals surface area contributed by atoms with Crippen molar-refractivity contribution in [2.24, 2.45) is 0 Å². The Morgan fingerprint density at radius 3 is 2.61 bits per heavy atom. The summed E-state index contributed by atoms with van der Waals surface area (Å²) in [6.07, 6.45) is 4.45. The Morgan fingerprint density at radius 1 is 1.21 bits per heavy atom. The molecule has 0 radical (unpaired) electrons. The van der Waals surface area contributed by atoms with Gasteiger partial charge < -0.3 is 4.74 Å². The van der Waals surface area contributed by atoms with Crippen LogP contribution in [0.4, 0.5) is 4.39 Å². The Hall–Kier alpha value is -2.58. The van der Waals surface area contributed by atoms with Gasteiger partial charge in [-0.1, -0.05) is 13.0 Å². The molecule has 3 rings (SSSR count). The average molecular weight is 402 g/mol. The molecule has 0 spiro atoms. The second kappa shape index (κ2) is 9.07. The summed E-state index contributed by atoms with van der Waals surface area (Å²) < 4.78 is 23.4. The lowest BCUT2D eigenvalue weighted by molar-refractivity contribution is 0.243. The van der Waals surface area contributed by atoms with E-state index in [0.717, 1.165) is 29.9 Å². The van der Waals surface area contributed by atoms with Gasteiger partial charge in [-0.15, -0.1) is 0 Å². The van der Waals surface area contributed by atoms with Crippen molar-refractivity contribution in [3.8, 4) is 17.1 Å². The van der Waals surface area contributed by atoms with E-state index in [9.17, 15) is 4.39 Å². The Balaban J connectivity index is 1.82. The number of pyridine rings is 1. The van der Waals surface area contributed by atoms with Crippen LogP contribution in [0.25, 0.3) is 11.4 Å². The molecule has 8 heteroatoms. The predicted octanol–water partition coefficient (Wildman–Crippen LogP) is 4.12. The van der Waals surface area contributed by atoms with Gasteiger partial charge in [0.15, 0.2) is 22.2 Å². The van der Waals surface area contributed by atoms with E-state index in [0.29, 0.717) is 18.0 Å². The lowest BCUT2D eigenvalue weighted by Crippen LogP contribution is -2.22. The topological polar surface area (TPSA) is 48.1 Å². The highest BCUT2D eigenvalue weighted by Crippen LogP contribution is 2.20. The molecule has 0 bridgehead atoms. The Bertz CT molecular complexity index is 986. The molecule has 2 heterocycles. The molecular formula is C20H24FN5OS. The minimum Gasteiger partial charge on any atom is -0.494 e. The average Bonchev–Trinajstić information content (AvgIpc) is 2.99. The van der Waals surface area contributed by atoms with Crippen LogP contribution in [0.3, 0.4) is 0 Å². The minimum atomic E-state index is -0.364. The van der Waals surface area contributed by atoms with Gasteiger partial charge in [0, 0.05) is 31.0 Å². The first-order valence-electron chi connectivity index (χ1n) is 9.12. The smallest absolute Gasteiger partial charge is 0.199 e. The fourth-order valence-corrected chi connectivity index (χ4v) is 3.35. The van der Waals surface area contributed by atoms with Crippen molar-refractivity contribution in [1.82, 2.24) is 24.2 Å². The first-order chi connectivity index (χ1) is 13.5. The van der Waals surface area contributed by atoms with Crippen molar-refractivity contribution in [1.29, 1.82) is 0 Å². The van der Waals surface area contributed by atoms with E-state index in [2.05, 4.69) is 11.9 Å². The number of halogens is 1. The zero-order valence-electron chi connectivity index (χ0n) is 16.3. The number of rotatable bonds is 8. The van der Waals surface area contributed by atoms with Gasteiger partial charge in [-0.25, -0.2) is 9.07 Å². The number of methoxy groups -OCH3 is 1. The molecule has 0 aliphatic carbocycles. The van der Waals surface area contributed by atoms with Gasteiger partial charge in [0.2, 0.25) is 0 Å². The SMILES string of the molecule is CCCn1c(-c2ccncc2)nn(CN(C)Cc2ccc(OC)c(F)c2)c1=S. The second-order valence-electron chi connectivity index (χ2n) is 6.62. The maximum absolute atomic E-state index is 13.9. The van der Waals surface area contributed by atoms with E-state index in [4.69, 9.17) is 22.1 Å². The van der Waals surface area contributed by atoms with Crippen LogP contribution in [0.2, 0.25) is 0 Å². The van der Waals surface area contributed by atoms with Crippen molar-refractivity contribution in [3.63, 3.8) is 0 Å². The Labute approximate surface area is 169 Å². The standard InChI is InChI=1S/C20H24FN5OS/c1-4-11-25-19(16-7-9-22-10-8-16)23-26(20(25)28)14-24(2)13-15-5-6-18(27-3)17(21)12-15/h5-10,12H,4,11,13-14H2,1-3H3. The van der Waals surface area contributed by atoms with Crippen LogP contribution in [-0.2, 0) is 19.8 Å². The minimum absolute atomic E-state index is 0.244. The lowest BCUT2D eigenvalue weighted by atomic mass is 10.2. The van der Waals surface area contributed by atoms with Crippen LogP contribution in [0, 0.1) is 10.6 Å². The Kier molecular flexibility index (Phi) is 6.53. The molecule has 0 aliphatic heterocycles. The van der Waals surface area contributed by atoms with E-state index in [-0.39, 0.29) is 11.6 Å². The molecule has 0 unspecified atom stereocenters. The number of aromatic nitrogens is 4. The van der Waals surface area contributed by atoms with Gasteiger partial charge in [-0.3, -0.25) is 14.5 Å². The van der Waals surface area contributed by atoms with Gasteiger partial charge in [0.25, 0.3) is 0 Å². The third kappa shape index (κ3) is 4.45. The van der Waals surface area contributed by atoms with Crippen LogP contribution in [0.15, 0.2) is 42.7 Å². The third-order valence-corrected chi connectivity index (χ3v) is 4.78. The lowest BCUT2D eigenvalue weighted by Gasteiger charge is -2.17. The van der Waals surface area contributed by atoms with Crippen molar-refractivity contribution in [2.45, 2.75) is 33.1 Å². The maximum atomic E-state index is 13.9. The monoisotopic (exact) mass is 401 g/mol. The van der Waals surface area contributed by atoms with Crippen LogP contribution in [-0.4, -0.2) is 38.4 Å². The molecule has 6 nitrogen and oxygen atoms in total. The molecule has 148 valence electrons. The van der Waals surface area contributed by atoms with E-state index in [1.807, 2.05) is 34.7 Å². The van der Waals surface area contributed by atoms with E-state index in [1.165, 1.54) is 13.2 Å². The number of benzene rings is 1. The summed E-state index contributed by atoms with van der Waals surface area (Å²) in [6.45, 7) is 3.97. The van der Waals surface area contributed by atoms with Gasteiger partial charge in [-0.05, 0) is 55.5 Å². The van der Waals surface area contributed by atoms with Gasteiger partial charge in [0.1, 0.15) is 0 Å². The van der Waals surface area contributed by atoms with Crippen molar-refractivity contribution in [2.75, 3.05) is 14.2 Å². The predicted molar refractivity (Wildman–Crippen MR) is 109 cm³/mol. The second-order valence-corrected chi connectivity index (χ2v) is 6.98. The summed E-state index contributed by atoms with van der Waals surface area (Å²) in [5.74, 6) is 0.712. The normalized spacial score (nSPS) is 11.2. The highest BCUT2D eigenvalue weighted by molar-refractivity contribution is 7.71. The fourth-order valence-electron chi connectivity index (χ4n) is 3.07. The molecule has 0 aliphatic rings. The largest absolute Gasteiger partial charge is 0.494 e. The molecular weight excluding hydrogens is 377 g/mol. The zero-order valence-corrected chi connectivity index (χ0v) is 17.1. The summed E-state index contributed by atoms with van der Waals surface area (Å²) >= 11 is 5.66. The summed E-state index contributed by atoms with van der Waals surface area (Å²) in [7, 11) is 3.41. The number of hydrogen-bond acceptors (Lipinski definition) is 5. The van der Waals surface area contributed by atoms with Gasteiger partial charge in [-0.2, -0.15) is 5.10 Å². The summed E-state index contributed by atoms with van der Waals surface area (Å²) in [5, 5.41) is 4.74. The summed E-state index contributed by atoms with van der Waals surface area (Å²) in [5.41, 5.74) is 1.84. The molecule has 0 saturated carbocycles. The fraction of sp³-hybridized carbons (Fsp3) is 0.350. The van der Waals surface area contributed by atoms with Gasteiger partial charge >= 0.3 is 0 Å². The van der Waals surface area contributed by atoms with E-state index < -0.39 is 0 Å². The van der Waals surface area contributed by atoms with Gasteiger partial charge in [0.05, 0.1) is 13.8 Å². The molecule has 28 heavy (non-hydrogen) atoms. The number of ether oxygens (including phenoxy) is 1. The molecule has 0 atom stereocenters. The number of nitrogens with zero attached hydrogens (tertiary/aromatic N) is 5. The quantitative estimate of drug-likeness (QED) is 0.532. The first-order valence-corrected chi connectivity index (χ1v) is 9.53.